The molecule has 0 unspecified atom stereocenters. The molecular weight excluding hydrogens is 192 g/mol. The van der Waals surface area contributed by atoms with E-state index >= 15 is 0 Å². The average Bonchev–Trinajstić information content (AvgIpc) is 2.26. The van der Waals surface area contributed by atoms with E-state index in [1.165, 1.54) is 7.11 Å². The minimum Gasteiger partial charge on any atom is -0.504 e. The highest BCUT2D eigenvalue weighted by Crippen LogP contribution is 2.26. The van der Waals surface area contributed by atoms with Crippen molar-refractivity contribution in [2.24, 2.45) is 0 Å². The van der Waals surface area contributed by atoms with Crippen LogP contribution in [-0.4, -0.2) is 25.4 Å². The van der Waals surface area contributed by atoms with Crippen LogP contribution in [0.2, 0.25) is 0 Å². The van der Waals surface area contributed by atoms with Gasteiger partial charge in [-0.2, -0.15) is 0 Å². The Bertz CT molecular complexity index is 332. The van der Waals surface area contributed by atoms with E-state index in [4.69, 9.17) is 9.47 Å². The smallest absolute Gasteiger partial charge is 0.161 e. The van der Waals surface area contributed by atoms with Gasteiger partial charge in [0.2, 0.25) is 0 Å². The Balaban J connectivity index is 2.65. The number of hydrogen-bond donors (Lipinski definition) is 1. The summed E-state index contributed by atoms with van der Waals surface area (Å²) in [7, 11) is 1.53. The normalized spacial score (nSPS) is 10.8. The highest BCUT2D eigenvalue weighted by molar-refractivity contribution is 5.55. The molecule has 0 aliphatic rings. The fraction of sp³-hybridized carbons (Fsp3) is 0.333. The number of ether oxygens (including phenoxy) is 2. The van der Waals surface area contributed by atoms with E-state index in [1.807, 2.05) is 25.1 Å². The van der Waals surface area contributed by atoms with Crippen molar-refractivity contribution in [3.8, 4) is 11.5 Å². The lowest BCUT2D eigenvalue weighted by molar-refractivity contribution is 0.178. The maximum absolute atomic E-state index is 9.37. The van der Waals surface area contributed by atoms with Gasteiger partial charge in [0.05, 0.1) is 13.7 Å². The van der Waals surface area contributed by atoms with Crippen LogP contribution in [0.5, 0.6) is 11.5 Å². The van der Waals surface area contributed by atoms with Crippen LogP contribution in [0.25, 0.3) is 6.08 Å². The molecule has 0 spiro atoms. The van der Waals surface area contributed by atoms with E-state index in [0.29, 0.717) is 19.0 Å². The number of hydrogen-bond acceptors (Lipinski definition) is 3. The molecule has 82 valence electrons. The Morgan fingerprint density at radius 2 is 2.20 bits per heavy atom. The van der Waals surface area contributed by atoms with Gasteiger partial charge in [0.15, 0.2) is 11.5 Å². The summed E-state index contributed by atoms with van der Waals surface area (Å²) in [6, 6.07) is 5.21. The molecule has 0 amide bonds. The molecule has 0 saturated carbocycles. The van der Waals surface area contributed by atoms with Crippen LogP contribution in [0.15, 0.2) is 24.3 Å². The van der Waals surface area contributed by atoms with E-state index in [-0.39, 0.29) is 5.75 Å². The van der Waals surface area contributed by atoms with Crippen molar-refractivity contribution in [3.63, 3.8) is 0 Å². The zero-order chi connectivity index (χ0) is 11.1. The fourth-order valence-electron chi connectivity index (χ4n) is 1.17. The molecule has 0 fully saturated rings. The van der Waals surface area contributed by atoms with E-state index in [2.05, 4.69) is 0 Å². The molecule has 15 heavy (non-hydrogen) atoms. The lowest BCUT2D eigenvalue weighted by atomic mass is 10.2. The van der Waals surface area contributed by atoms with Crippen molar-refractivity contribution < 1.29 is 14.6 Å². The Hall–Kier alpha value is -1.48. The molecule has 0 aromatic heterocycles. The van der Waals surface area contributed by atoms with Crippen LogP contribution in [0.1, 0.15) is 12.5 Å². The molecule has 1 N–H and O–H groups in total. The largest absolute Gasteiger partial charge is 0.504 e. The molecule has 1 rings (SSSR count). The van der Waals surface area contributed by atoms with Crippen molar-refractivity contribution in [2.45, 2.75) is 6.92 Å². The first-order valence-electron chi connectivity index (χ1n) is 4.89. The summed E-state index contributed by atoms with van der Waals surface area (Å²) < 4.78 is 10.2. The highest BCUT2D eigenvalue weighted by Gasteiger charge is 1.99. The topological polar surface area (TPSA) is 38.7 Å². The predicted octanol–water partition coefficient (Wildman–Crippen LogP) is 2.45. The van der Waals surface area contributed by atoms with Gasteiger partial charge < -0.3 is 14.6 Å². The SMILES string of the molecule is CCOC/C=C/c1ccc(O)c(OC)c1. The highest BCUT2D eigenvalue weighted by atomic mass is 16.5. The fourth-order valence-corrected chi connectivity index (χ4v) is 1.17. The number of methoxy groups -OCH3 is 1. The van der Waals surface area contributed by atoms with Gasteiger partial charge in [0.1, 0.15) is 0 Å². The standard InChI is InChI=1S/C12H16O3/c1-3-15-8-4-5-10-6-7-11(13)12(9-10)14-2/h4-7,9,13H,3,8H2,1-2H3/b5-4+. The van der Waals surface area contributed by atoms with Crippen LogP contribution < -0.4 is 4.74 Å². The Labute approximate surface area is 90.0 Å². The second-order valence-electron chi connectivity index (χ2n) is 2.99. The molecule has 3 heteroatoms. The third kappa shape index (κ3) is 3.64. The van der Waals surface area contributed by atoms with E-state index in [0.717, 1.165) is 5.56 Å². The zero-order valence-corrected chi connectivity index (χ0v) is 9.06. The summed E-state index contributed by atoms with van der Waals surface area (Å²) >= 11 is 0. The Morgan fingerprint density at radius 1 is 1.40 bits per heavy atom. The van der Waals surface area contributed by atoms with Gasteiger partial charge in [0, 0.05) is 6.61 Å². The average molecular weight is 208 g/mol. The third-order valence-corrected chi connectivity index (χ3v) is 1.93. The maximum atomic E-state index is 9.37. The molecule has 0 bridgehead atoms. The first-order chi connectivity index (χ1) is 7.27. The third-order valence-electron chi connectivity index (χ3n) is 1.93. The molecule has 0 heterocycles. The molecule has 0 aliphatic carbocycles. The summed E-state index contributed by atoms with van der Waals surface area (Å²) in [6.07, 6.45) is 3.85. The van der Waals surface area contributed by atoms with Gasteiger partial charge in [-0.1, -0.05) is 18.2 Å². The van der Waals surface area contributed by atoms with Crippen molar-refractivity contribution in [2.75, 3.05) is 20.3 Å². The van der Waals surface area contributed by atoms with Gasteiger partial charge in [-0.15, -0.1) is 0 Å². The van der Waals surface area contributed by atoms with Crippen LogP contribution >= 0.6 is 0 Å². The molecule has 0 atom stereocenters. The molecule has 1 aromatic rings. The molecule has 1 aromatic carbocycles. The van der Waals surface area contributed by atoms with E-state index in [1.54, 1.807) is 12.1 Å². The number of phenolic OH excluding ortho intramolecular Hbond substituents is 1. The van der Waals surface area contributed by atoms with Gasteiger partial charge in [-0.05, 0) is 24.6 Å². The number of rotatable bonds is 5. The lowest BCUT2D eigenvalue weighted by Gasteiger charge is -2.03. The summed E-state index contributed by atoms with van der Waals surface area (Å²) in [6.45, 7) is 3.26. The van der Waals surface area contributed by atoms with Crippen LogP contribution in [0, 0.1) is 0 Å². The number of aromatic hydroxyl groups is 1. The Morgan fingerprint density at radius 3 is 2.87 bits per heavy atom. The van der Waals surface area contributed by atoms with Crippen molar-refractivity contribution >= 4 is 6.08 Å². The van der Waals surface area contributed by atoms with Gasteiger partial charge >= 0.3 is 0 Å². The van der Waals surface area contributed by atoms with E-state index < -0.39 is 0 Å². The van der Waals surface area contributed by atoms with Crippen LogP contribution in [-0.2, 0) is 4.74 Å². The van der Waals surface area contributed by atoms with Gasteiger partial charge in [-0.25, -0.2) is 0 Å². The van der Waals surface area contributed by atoms with Gasteiger partial charge in [-0.3, -0.25) is 0 Å². The minimum absolute atomic E-state index is 0.152. The second-order valence-corrected chi connectivity index (χ2v) is 2.99. The van der Waals surface area contributed by atoms with Crippen LogP contribution in [0.3, 0.4) is 0 Å². The lowest BCUT2D eigenvalue weighted by Crippen LogP contribution is -1.88. The van der Waals surface area contributed by atoms with Crippen LogP contribution in [0.4, 0.5) is 0 Å². The molecule has 0 saturated heterocycles. The van der Waals surface area contributed by atoms with Crippen molar-refractivity contribution in [3.05, 3.63) is 29.8 Å². The summed E-state index contributed by atoms with van der Waals surface area (Å²) in [4.78, 5) is 0. The summed E-state index contributed by atoms with van der Waals surface area (Å²) in [5, 5.41) is 9.37. The summed E-state index contributed by atoms with van der Waals surface area (Å²) in [5.41, 5.74) is 0.976. The number of benzene rings is 1. The second kappa shape index (κ2) is 6.09. The molecular formula is C12H16O3. The first kappa shape index (κ1) is 11.6. The van der Waals surface area contributed by atoms with Crippen molar-refractivity contribution in [1.82, 2.24) is 0 Å². The first-order valence-corrected chi connectivity index (χ1v) is 4.89. The Kier molecular flexibility index (Phi) is 4.71. The molecule has 0 aliphatic heterocycles. The van der Waals surface area contributed by atoms with Crippen molar-refractivity contribution in [1.29, 1.82) is 0 Å². The van der Waals surface area contributed by atoms with Gasteiger partial charge in [0.25, 0.3) is 0 Å². The zero-order valence-electron chi connectivity index (χ0n) is 9.06. The predicted molar refractivity (Wildman–Crippen MR) is 60.2 cm³/mol. The quantitative estimate of drug-likeness (QED) is 0.755. The monoisotopic (exact) mass is 208 g/mol. The molecule has 3 nitrogen and oxygen atoms in total. The van der Waals surface area contributed by atoms with E-state index in [9.17, 15) is 5.11 Å². The maximum Gasteiger partial charge on any atom is 0.161 e. The molecule has 0 radical (unpaired) electrons. The minimum atomic E-state index is 0.152. The number of phenols is 1. The summed E-state index contributed by atoms with van der Waals surface area (Å²) in [5.74, 6) is 0.632.